The van der Waals surface area contributed by atoms with Crippen LogP contribution < -0.4 is 15.5 Å². The number of nitrogens with zero attached hydrogens (tertiary/aromatic N) is 1. The van der Waals surface area contributed by atoms with Crippen molar-refractivity contribution in [2.75, 3.05) is 5.32 Å². The normalized spacial score (nSPS) is 10.9. The average molecular weight is 480 g/mol. The van der Waals surface area contributed by atoms with Crippen LogP contribution in [-0.2, 0) is 0 Å². The summed E-state index contributed by atoms with van der Waals surface area (Å²) < 4.78 is 6.42. The van der Waals surface area contributed by atoms with Crippen molar-refractivity contribution in [3.8, 4) is 5.75 Å². The molecule has 0 unspecified atom stereocenters. The number of nitrogens with one attached hydrogen (secondary N) is 2. The Labute approximate surface area is 199 Å². The number of thiocarbonyl (C=S) groups is 1. The van der Waals surface area contributed by atoms with Crippen LogP contribution in [-0.4, -0.2) is 17.3 Å². The van der Waals surface area contributed by atoms with E-state index in [2.05, 4.69) is 15.8 Å². The van der Waals surface area contributed by atoms with Crippen molar-refractivity contribution in [3.05, 3.63) is 93.8 Å². The molecule has 0 fully saturated rings. The van der Waals surface area contributed by atoms with Gasteiger partial charge in [0.15, 0.2) is 5.11 Å². The van der Waals surface area contributed by atoms with Gasteiger partial charge in [0.25, 0.3) is 0 Å². The first-order chi connectivity index (χ1) is 15.5. The summed E-state index contributed by atoms with van der Waals surface area (Å²) in [5.74, 6) is -0.0582. The van der Waals surface area contributed by atoms with Gasteiger partial charge in [0.2, 0.25) is 0 Å². The van der Waals surface area contributed by atoms with Gasteiger partial charge >= 0.3 is 5.97 Å². The molecule has 4 rings (SSSR count). The number of ether oxygens (including phenoxy) is 1. The summed E-state index contributed by atoms with van der Waals surface area (Å²) in [6, 6.07) is 22.5. The smallest absolute Gasteiger partial charge is 0.355 e. The molecule has 0 atom stereocenters. The Bertz CT molecular complexity index is 1320. The molecular formula is C24H18ClN3O2S2. The molecule has 32 heavy (non-hydrogen) atoms. The third kappa shape index (κ3) is 5.31. The summed E-state index contributed by atoms with van der Waals surface area (Å²) in [4.78, 5) is 12.9. The molecule has 0 aliphatic carbocycles. The molecule has 0 spiro atoms. The number of benzene rings is 3. The molecule has 0 radical (unpaired) electrons. The number of esters is 1. The maximum atomic E-state index is 12.6. The summed E-state index contributed by atoms with van der Waals surface area (Å²) in [5.41, 5.74) is 5.62. The molecule has 1 aromatic heterocycles. The molecular weight excluding hydrogens is 462 g/mol. The molecule has 8 heteroatoms. The minimum atomic E-state index is -0.480. The highest BCUT2D eigenvalue weighted by Gasteiger charge is 2.18. The summed E-state index contributed by atoms with van der Waals surface area (Å²) in [7, 11) is 0. The van der Waals surface area contributed by atoms with Crippen LogP contribution in [0, 0.1) is 6.92 Å². The number of hydrogen-bond acceptors (Lipinski definition) is 5. The van der Waals surface area contributed by atoms with Gasteiger partial charge in [-0.3, -0.25) is 5.43 Å². The van der Waals surface area contributed by atoms with Gasteiger partial charge in [-0.15, -0.1) is 11.3 Å². The Balaban J connectivity index is 1.34. The predicted octanol–water partition coefficient (Wildman–Crippen LogP) is 6.40. The lowest BCUT2D eigenvalue weighted by Gasteiger charge is -2.07. The number of carbonyl (C=O) groups is 1. The highest BCUT2D eigenvalue weighted by atomic mass is 35.5. The number of aryl methyl sites for hydroxylation is 1. The lowest BCUT2D eigenvalue weighted by Crippen LogP contribution is -2.23. The topological polar surface area (TPSA) is 62.7 Å². The van der Waals surface area contributed by atoms with Crippen molar-refractivity contribution < 1.29 is 9.53 Å². The van der Waals surface area contributed by atoms with Crippen LogP contribution in [0.3, 0.4) is 0 Å². The Kier molecular flexibility index (Phi) is 6.80. The van der Waals surface area contributed by atoms with Gasteiger partial charge in [-0.1, -0.05) is 41.9 Å². The number of thiophene rings is 1. The third-order valence-electron chi connectivity index (χ3n) is 4.47. The average Bonchev–Trinajstić information content (AvgIpc) is 3.12. The second-order valence-electron chi connectivity index (χ2n) is 6.89. The summed E-state index contributed by atoms with van der Waals surface area (Å²) in [6.45, 7) is 2.01. The molecule has 160 valence electrons. The standard InChI is InChI=1S/C24H18ClN3O2S2/c1-15-5-4-6-17(13-15)27-24(31)28-26-14-16-9-11-18(12-10-16)30-23(29)22-21(25)19-7-2-3-8-20(19)32-22/h2-14H,1H3,(H2,27,28,31)/b26-14+. The zero-order valence-corrected chi connectivity index (χ0v) is 19.4. The van der Waals surface area contributed by atoms with Crippen molar-refractivity contribution in [2.24, 2.45) is 5.10 Å². The number of rotatable bonds is 5. The van der Waals surface area contributed by atoms with Crippen LogP contribution in [0.25, 0.3) is 10.1 Å². The van der Waals surface area contributed by atoms with Crippen LogP contribution in [0.15, 0.2) is 77.9 Å². The number of fused-ring (bicyclic) bond motifs is 1. The van der Waals surface area contributed by atoms with E-state index >= 15 is 0 Å². The second-order valence-corrected chi connectivity index (χ2v) is 8.73. The van der Waals surface area contributed by atoms with Gasteiger partial charge in [-0.25, -0.2) is 4.79 Å². The van der Waals surface area contributed by atoms with E-state index in [1.165, 1.54) is 11.3 Å². The van der Waals surface area contributed by atoms with Crippen LogP contribution in [0.2, 0.25) is 5.02 Å². The molecule has 0 saturated carbocycles. The third-order valence-corrected chi connectivity index (χ3v) is 6.32. The van der Waals surface area contributed by atoms with E-state index < -0.39 is 5.97 Å². The number of anilines is 1. The first kappa shape index (κ1) is 22.0. The van der Waals surface area contributed by atoms with Crippen molar-refractivity contribution in [1.82, 2.24) is 5.43 Å². The van der Waals surface area contributed by atoms with Gasteiger partial charge < -0.3 is 10.1 Å². The van der Waals surface area contributed by atoms with Crippen molar-refractivity contribution in [2.45, 2.75) is 6.92 Å². The van der Waals surface area contributed by atoms with E-state index in [9.17, 15) is 4.79 Å². The van der Waals surface area contributed by atoms with E-state index in [1.807, 2.05) is 55.5 Å². The fraction of sp³-hybridized carbons (Fsp3) is 0.0417. The maximum absolute atomic E-state index is 12.6. The first-order valence-electron chi connectivity index (χ1n) is 9.65. The molecule has 0 aliphatic heterocycles. The molecule has 3 aromatic carbocycles. The number of hydrazone groups is 1. The fourth-order valence-corrected chi connectivity index (χ4v) is 4.52. The lowest BCUT2D eigenvalue weighted by atomic mass is 10.2. The van der Waals surface area contributed by atoms with Gasteiger partial charge in [0, 0.05) is 15.8 Å². The molecule has 2 N–H and O–H groups in total. The minimum Gasteiger partial charge on any atom is -0.422 e. The Morgan fingerprint density at radius 2 is 1.88 bits per heavy atom. The molecule has 1 heterocycles. The fourth-order valence-electron chi connectivity index (χ4n) is 2.97. The first-order valence-corrected chi connectivity index (χ1v) is 11.3. The van der Waals surface area contributed by atoms with E-state index in [1.54, 1.807) is 30.5 Å². The van der Waals surface area contributed by atoms with Gasteiger partial charge in [-0.2, -0.15) is 5.10 Å². The van der Waals surface area contributed by atoms with E-state index in [0.29, 0.717) is 20.8 Å². The van der Waals surface area contributed by atoms with Gasteiger partial charge in [-0.05, 0) is 72.7 Å². The number of hydrogen-bond donors (Lipinski definition) is 2. The number of carbonyl (C=O) groups excluding carboxylic acids is 1. The van der Waals surface area contributed by atoms with Crippen molar-refractivity contribution in [3.63, 3.8) is 0 Å². The highest BCUT2D eigenvalue weighted by molar-refractivity contribution is 7.80. The van der Waals surface area contributed by atoms with Crippen molar-refractivity contribution in [1.29, 1.82) is 0 Å². The monoisotopic (exact) mass is 479 g/mol. The molecule has 0 saturated heterocycles. The highest BCUT2D eigenvalue weighted by Crippen LogP contribution is 2.35. The van der Waals surface area contributed by atoms with Crippen molar-refractivity contribution >= 4 is 68.2 Å². The predicted molar refractivity (Wildman–Crippen MR) is 136 cm³/mol. The summed E-state index contributed by atoms with van der Waals surface area (Å²) in [6.07, 6.45) is 1.62. The Hall–Kier alpha value is -3.26. The zero-order valence-electron chi connectivity index (χ0n) is 17.0. The van der Waals surface area contributed by atoms with Crippen LogP contribution in [0.4, 0.5) is 5.69 Å². The maximum Gasteiger partial charge on any atom is 0.355 e. The van der Waals surface area contributed by atoms with Crippen LogP contribution in [0.5, 0.6) is 5.75 Å². The molecule has 4 aromatic rings. The zero-order chi connectivity index (χ0) is 22.5. The Morgan fingerprint density at radius 3 is 2.62 bits per heavy atom. The SMILES string of the molecule is Cc1cccc(NC(=S)N/N=C/c2ccc(OC(=O)c3sc4ccccc4c3Cl)cc2)c1. The van der Waals surface area contributed by atoms with Crippen LogP contribution in [0.1, 0.15) is 20.8 Å². The minimum absolute atomic E-state index is 0.386. The van der Waals surface area contributed by atoms with E-state index in [0.717, 1.165) is 26.9 Å². The second kappa shape index (κ2) is 9.91. The molecule has 5 nitrogen and oxygen atoms in total. The molecule has 0 amide bonds. The quantitative estimate of drug-likeness (QED) is 0.114. The lowest BCUT2D eigenvalue weighted by molar-refractivity contribution is 0.0740. The van der Waals surface area contributed by atoms with E-state index in [4.69, 9.17) is 28.6 Å². The van der Waals surface area contributed by atoms with Gasteiger partial charge in [0.05, 0.1) is 11.2 Å². The summed E-state index contributed by atoms with van der Waals surface area (Å²) in [5, 5.41) is 8.85. The van der Waals surface area contributed by atoms with Gasteiger partial charge in [0.1, 0.15) is 10.6 Å². The largest absolute Gasteiger partial charge is 0.422 e. The molecule has 0 aliphatic rings. The molecule has 0 bridgehead atoms. The Morgan fingerprint density at radius 1 is 1.09 bits per heavy atom. The summed E-state index contributed by atoms with van der Waals surface area (Å²) >= 11 is 12.9. The van der Waals surface area contributed by atoms with Crippen LogP contribution >= 0.6 is 35.2 Å². The number of halogens is 1. The van der Waals surface area contributed by atoms with E-state index in [-0.39, 0.29) is 0 Å².